The van der Waals surface area contributed by atoms with Crippen LogP contribution in [0.5, 0.6) is 0 Å². The van der Waals surface area contributed by atoms with Crippen LogP contribution in [0.25, 0.3) is 0 Å². The standard InChI is InChI=1S/C4H9NO.C2H4O2.HO3P/c1-3-6-4-2-5-1;1-2(3)4;1-4(2)3/h5H,1-4H2;1H3,(H,3,4);(H-,1,2,3)/p+1. The predicted molar refractivity (Wildman–Crippen MR) is 49.0 cm³/mol. The highest BCUT2D eigenvalue weighted by Gasteiger charge is 1.93. The maximum Gasteiger partial charge on any atom is 0.692 e. The summed E-state index contributed by atoms with van der Waals surface area (Å²) in [7, 11) is -2.87. The number of carboxylic acid groups (broad SMARTS) is 1. The molecule has 0 aliphatic carbocycles. The summed E-state index contributed by atoms with van der Waals surface area (Å²) in [6, 6.07) is 0. The highest BCUT2D eigenvalue weighted by Crippen LogP contribution is 1.98. The molecule has 1 heterocycles. The normalized spacial score (nSPS) is 13.9. The van der Waals surface area contributed by atoms with Gasteiger partial charge < -0.3 is 15.2 Å². The second-order valence-electron chi connectivity index (χ2n) is 2.13. The molecule has 7 nitrogen and oxygen atoms in total. The van der Waals surface area contributed by atoms with Crippen molar-refractivity contribution in [1.82, 2.24) is 5.32 Å². The molecular formula is C6H15NO6P+. The van der Waals surface area contributed by atoms with Gasteiger partial charge >= 0.3 is 8.25 Å². The number of hydrogen-bond donors (Lipinski definition) is 4. The van der Waals surface area contributed by atoms with E-state index in [9.17, 15) is 0 Å². The minimum Gasteiger partial charge on any atom is -0.481 e. The van der Waals surface area contributed by atoms with Crippen molar-refractivity contribution < 1.29 is 29.0 Å². The third-order valence-corrected chi connectivity index (χ3v) is 0.846. The Bertz CT molecular complexity index is 129. The monoisotopic (exact) mass is 228 g/mol. The van der Waals surface area contributed by atoms with Crippen LogP contribution in [0, 0.1) is 0 Å². The Morgan fingerprint density at radius 2 is 1.64 bits per heavy atom. The zero-order valence-corrected chi connectivity index (χ0v) is 8.74. The van der Waals surface area contributed by atoms with Gasteiger partial charge in [-0.2, -0.15) is 0 Å². The molecule has 0 aromatic heterocycles. The van der Waals surface area contributed by atoms with E-state index in [2.05, 4.69) is 5.32 Å². The van der Waals surface area contributed by atoms with Gasteiger partial charge in [0.2, 0.25) is 0 Å². The molecule has 0 spiro atoms. The summed E-state index contributed by atoms with van der Waals surface area (Å²) in [4.78, 5) is 23.2. The summed E-state index contributed by atoms with van der Waals surface area (Å²) in [5, 5.41) is 10.6. The van der Waals surface area contributed by atoms with Gasteiger partial charge in [0.15, 0.2) is 0 Å². The summed E-state index contributed by atoms with van der Waals surface area (Å²) in [6.45, 7) is 4.92. The molecule has 8 heteroatoms. The summed E-state index contributed by atoms with van der Waals surface area (Å²) >= 11 is 0. The number of carbonyl (C=O) groups is 1. The molecule has 0 unspecified atom stereocenters. The van der Waals surface area contributed by atoms with Crippen LogP contribution in [-0.2, 0) is 14.1 Å². The van der Waals surface area contributed by atoms with Crippen LogP contribution in [0.2, 0.25) is 0 Å². The van der Waals surface area contributed by atoms with Crippen molar-refractivity contribution in [2.24, 2.45) is 0 Å². The Hall–Kier alpha value is -0.590. The van der Waals surface area contributed by atoms with Gasteiger partial charge in [-0.05, 0) is 0 Å². The highest BCUT2D eigenvalue weighted by molar-refractivity contribution is 7.30. The molecule has 1 rings (SSSR count). The van der Waals surface area contributed by atoms with E-state index < -0.39 is 14.2 Å². The fourth-order valence-electron chi connectivity index (χ4n) is 0.516. The molecule has 1 fully saturated rings. The van der Waals surface area contributed by atoms with Gasteiger partial charge in [0.1, 0.15) is 0 Å². The van der Waals surface area contributed by atoms with Gasteiger partial charge in [-0.1, -0.05) is 0 Å². The minimum absolute atomic E-state index is 0.833. The number of carboxylic acids is 1. The highest BCUT2D eigenvalue weighted by atomic mass is 31.1. The van der Waals surface area contributed by atoms with Gasteiger partial charge in [0, 0.05) is 24.6 Å². The molecule has 0 aromatic rings. The van der Waals surface area contributed by atoms with Crippen molar-refractivity contribution in [2.75, 3.05) is 26.3 Å². The van der Waals surface area contributed by atoms with E-state index in [-0.39, 0.29) is 0 Å². The molecule has 1 aliphatic heterocycles. The third kappa shape index (κ3) is 42.2. The van der Waals surface area contributed by atoms with Crippen LogP contribution in [0.15, 0.2) is 0 Å². The summed E-state index contributed by atoms with van der Waals surface area (Å²) in [5.41, 5.74) is 0. The lowest BCUT2D eigenvalue weighted by atomic mass is 10.5. The summed E-state index contributed by atoms with van der Waals surface area (Å²) in [5.74, 6) is -0.833. The largest absolute Gasteiger partial charge is 0.692 e. The molecule has 0 aromatic carbocycles. The fraction of sp³-hybridized carbons (Fsp3) is 0.833. The molecule has 0 radical (unpaired) electrons. The minimum atomic E-state index is -2.87. The smallest absolute Gasteiger partial charge is 0.481 e. The quantitative estimate of drug-likeness (QED) is 0.406. The SMILES string of the molecule is C1COCCN1.CC(=O)O.O=[P+](O)O. The molecule has 0 bridgehead atoms. The first-order chi connectivity index (χ1) is 6.46. The van der Waals surface area contributed by atoms with Gasteiger partial charge in [-0.15, -0.1) is 9.79 Å². The van der Waals surface area contributed by atoms with Crippen LogP contribution in [-0.4, -0.2) is 47.2 Å². The first-order valence-corrected chi connectivity index (χ1v) is 4.96. The van der Waals surface area contributed by atoms with E-state index in [0.29, 0.717) is 0 Å². The molecule has 1 aliphatic rings. The van der Waals surface area contributed by atoms with Gasteiger partial charge in [0.25, 0.3) is 5.97 Å². The zero-order valence-electron chi connectivity index (χ0n) is 7.84. The molecule has 0 atom stereocenters. The lowest BCUT2D eigenvalue weighted by Gasteiger charge is -2.10. The Morgan fingerprint density at radius 1 is 1.36 bits per heavy atom. The third-order valence-electron chi connectivity index (χ3n) is 0.846. The maximum absolute atomic E-state index is 9.00. The number of morpholine rings is 1. The number of ether oxygens (including phenoxy) is 1. The number of aliphatic carboxylic acids is 1. The average Bonchev–Trinajstić information content (AvgIpc) is 2.05. The molecule has 84 valence electrons. The van der Waals surface area contributed by atoms with Crippen LogP contribution < -0.4 is 5.32 Å². The van der Waals surface area contributed by atoms with Gasteiger partial charge in [0.05, 0.1) is 13.2 Å². The van der Waals surface area contributed by atoms with Crippen LogP contribution in [0.1, 0.15) is 6.92 Å². The number of rotatable bonds is 0. The van der Waals surface area contributed by atoms with Crippen molar-refractivity contribution in [3.05, 3.63) is 0 Å². The van der Waals surface area contributed by atoms with Crippen LogP contribution in [0.4, 0.5) is 0 Å². The maximum atomic E-state index is 9.00. The Labute approximate surface area is 82.7 Å². The topological polar surface area (TPSA) is 116 Å². The number of hydrogen-bond acceptors (Lipinski definition) is 4. The van der Waals surface area contributed by atoms with E-state index in [4.69, 9.17) is 29.0 Å². The van der Waals surface area contributed by atoms with E-state index in [0.717, 1.165) is 33.2 Å². The van der Waals surface area contributed by atoms with Crippen molar-refractivity contribution in [1.29, 1.82) is 0 Å². The Balaban J connectivity index is 0. The fourth-order valence-corrected chi connectivity index (χ4v) is 0.516. The van der Waals surface area contributed by atoms with Gasteiger partial charge in [-0.3, -0.25) is 4.79 Å². The van der Waals surface area contributed by atoms with Crippen molar-refractivity contribution in [3.63, 3.8) is 0 Å². The number of nitrogens with one attached hydrogen (secondary N) is 1. The second-order valence-corrected chi connectivity index (χ2v) is 2.64. The zero-order chi connectivity index (χ0) is 11.4. The molecule has 0 amide bonds. The first kappa shape index (κ1) is 15.9. The summed E-state index contributed by atoms with van der Waals surface area (Å²) in [6.07, 6.45) is 0. The Morgan fingerprint density at radius 3 is 1.71 bits per heavy atom. The second kappa shape index (κ2) is 12.4. The first-order valence-electron chi connectivity index (χ1n) is 3.79. The van der Waals surface area contributed by atoms with Crippen LogP contribution >= 0.6 is 8.25 Å². The van der Waals surface area contributed by atoms with E-state index >= 15 is 0 Å². The molecule has 0 saturated carbocycles. The predicted octanol–water partition coefficient (Wildman–Crippen LogP) is -0.675. The molecular weight excluding hydrogens is 213 g/mol. The van der Waals surface area contributed by atoms with Crippen molar-refractivity contribution in [2.45, 2.75) is 6.92 Å². The van der Waals surface area contributed by atoms with Crippen LogP contribution in [0.3, 0.4) is 0 Å². The van der Waals surface area contributed by atoms with Crippen molar-refractivity contribution >= 4 is 14.2 Å². The lowest BCUT2D eigenvalue weighted by molar-refractivity contribution is -0.134. The lowest BCUT2D eigenvalue weighted by Crippen LogP contribution is -2.30. The molecule has 4 N–H and O–H groups in total. The Kier molecular flexibility index (Phi) is 14.1. The summed E-state index contributed by atoms with van der Waals surface area (Å²) < 4.78 is 13.7. The molecule has 1 saturated heterocycles. The molecule has 14 heavy (non-hydrogen) atoms. The van der Waals surface area contributed by atoms with E-state index in [1.165, 1.54) is 0 Å². The van der Waals surface area contributed by atoms with Crippen molar-refractivity contribution in [3.8, 4) is 0 Å². The van der Waals surface area contributed by atoms with E-state index in [1.807, 2.05) is 0 Å². The average molecular weight is 228 g/mol. The van der Waals surface area contributed by atoms with E-state index in [1.54, 1.807) is 0 Å². The van der Waals surface area contributed by atoms with Gasteiger partial charge in [-0.25, -0.2) is 0 Å².